The van der Waals surface area contributed by atoms with Crippen molar-refractivity contribution in [3.8, 4) is 11.1 Å². The molecular formula is C25H22F2N2O2. The Morgan fingerprint density at radius 2 is 1.77 bits per heavy atom. The molecule has 2 saturated heterocycles. The first kappa shape index (κ1) is 19.8. The fourth-order valence-electron chi connectivity index (χ4n) is 4.84. The number of amides is 1. The zero-order chi connectivity index (χ0) is 21.5. The summed E-state index contributed by atoms with van der Waals surface area (Å²) >= 11 is 0. The third kappa shape index (κ3) is 3.61. The summed E-state index contributed by atoms with van der Waals surface area (Å²) in [7, 11) is 0. The Labute approximate surface area is 179 Å². The number of nitrogens with zero attached hydrogens (tertiary/aromatic N) is 1. The largest absolute Gasteiger partial charge is 0.373 e. The van der Waals surface area contributed by atoms with Crippen LogP contribution in [0.5, 0.6) is 0 Å². The van der Waals surface area contributed by atoms with E-state index in [-0.39, 0.29) is 41.1 Å². The summed E-state index contributed by atoms with van der Waals surface area (Å²) in [6.07, 6.45) is 3.28. The summed E-state index contributed by atoms with van der Waals surface area (Å²) in [5, 5.41) is 2.84. The van der Waals surface area contributed by atoms with Crippen molar-refractivity contribution >= 4 is 11.6 Å². The highest BCUT2D eigenvalue weighted by Gasteiger charge is 2.53. The minimum absolute atomic E-state index is 0.0322. The van der Waals surface area contributed by atoms with Gasteiger partial charge in [-0.1, -0.05) is 18.2 Å². The Balaban J connectivity index is 1.39. The molecule has 3 heterocycles. The van der Waals surface area contributed by atoms with Gasteiger partial charge < -0.3 is 10.1 Å². The second-order valence-corrected chi connectivity index (χ2v) is 8.26. The molecule has 31 heavy (non-hydrogen) atoms. The summed E-state index contributed by atoms with van der Waals surface area (Å²) in [4.78, 5) is 17.7. The molecular weight excluding hydrogens is 398 g/mol. The summed E-state index contributed by atoms with van der Waals surface area (Å²) in [6, 6.07) is 14.3. The highest BCUT2D eigenvalue weighted by Crippen LogP contribution is 2.48. The Bertz CT molecular complexity index is 1150. The molecule has 4 atom stereocenters. The van der Waals surface area contributed by atoms with E-state index in [1.165, 1.54) is 24.3 Å². The molecule has 1 aromatic heterocycles. The van der Waals surface area contributed by atoms with Gasteiger partial charge in [-0.05, 0) is 61.7 Å². The number of ether oxygens (including phenoxy) is 1. The second kappa shape index (κ2) is 7.85. The van der Waals surface area contributed by atoms with Crippen LogP contribution < -0.4 is 5.32 Å². The Hall–Kier alpha value is -3.12. The summed E-state index contributed by atoms with van der Waals surface area (Å²) < 4.78 is 34.8. The van der Waals surface area contributed by atoms with Crippen LogP contribution in [0.1, 0.15) is 30.0 Å². The lowest BCUT2D eigenvalue weighted by Gasteiger charge is -2.27. The third-order valence-electron chi connectivity index (χ3n) is 6.25. The average molecular weight is 420 g/mol. The number of carbonyl (C=O) groups is 1. The van der Waals surface area contributed by atoms with E-state index in [0.717, 1.165) is 24.1 Å². The van der Waals surface area contributed by atoms with Gasteiger partial charge in [0.05, 0.1) is 18.1 Å². The number of benzene rings is 2. The molecule has 2 unspecified atom stereocenters. The first-order valence-corrected chi connectivity index (χ1v) is 10.4. The Morgan fingerprint density at radius 3 is 2.55 bits per heavy atom. The molecule has 0 aliphatic carbocycles. The van der Waals surface area contributed by atoms with E-state index in [0.29, 0.717) is 5.69 Å². The highest BCUT2D eigenvalue weighted by molar-refractivity contribution is 5.94. The molecule has 0 spiro atoms. The zero-order valence-corrected chi connectivity index (χ0v) is 17.0. The first-order valence-electron chi connectivity index (χ1n) is 10.4. The van der Waals surface area contributed by atoms with Crippen LogP contribution >= 0.6 is 0 Å². The monoisotopic (exact) mass is 420 g/mol. The number of carbonyl (C=O) groups excluding carboxylic acids is 1. The third-order valence-corrected chi connectivity index (χ3v) is 6.25. The molecule has 158 valence electrons. The Morgan fingerprint density at radius 1 is 1.00 bits per heavy atom. The fraction of sp³-hybridized carbons (Fsp3) is 0.280. The van der Waals surface area contributed by atoms with Crippen LogP contribution in [0.3, 0.4) is 0 Å². The van der Waals surface area contributed by atoms with Crippen LogP contribution in [-0.4, -0.2) is 23.1 Å². The number of halogens is 2. The molecule has 1 amide bonds. The minimum atomic E-state index is -0.594. The number of aromatic nitrogens is 1. The van der Waals surface area contributed by atoms with Crippen molar-refractivity contribution in [1.82, 2.24) is 4.98 Å². The molecule has 2 aromatic carbocycles. The lowest BCUT2D eigenvalue weighted by molar-refractivity contribution is -0.121. The van der Waals surface area contributed by atoms with Crippen LogP contribution in [0, 0.1) is 24.5 Å². The van der Waals surface area contributed by atoms with E-state index in [1.807, 2.05) is 19.1 Å². The van der Waals surface area contributed by atoms with Gasteiger partial charge in [0, 0.05) is 34.6 Å². The lowest BCUT2D eigenvalue weighted by Crippen LogP contribution is -2.36. The molecule has 0 radical (unpaired) electrons. The fourth-order valence-corrected chi connectivity index (χ4v) is 4.84. The normalized spacial score (nSPS) is 24.4. The van der Waals surface area contributed by atoms with Gasteiger partial charge >= 0.3 is 0 Å². The highest BCUT2D eigenvalue weighted by atomic mass is 19.1. The molecule has 4 nitrogen and oxygen atoms in total. The molecule has 0 saturated carbocycles. The smallest absolute Gasteiger partial charge is 0.230 e. The molecule has 2 fully saturated rings. The number of pyridine rings is 1. The lowest BCUT2D eigenvalue weighted by atomic mass is 9.76. The molecule has 5 rings (SSSR count). The van der Waals surface area contributed by atoms with Gasteiger partial charge in [0.2, 0.25) is 5.91 Å². The average Bonchev–Trinajstić information content (AvgIpc) is 3.36. The van der Waals surface area contributed by atoms with Gasteiger partial charge in [-0.15, -0.1) is 0 Å². The van der Waals surface area contributed by atoms with Crippen molar-refractivity contribution in [3.05, 3.63) is 83.7 Å². The number of anilines is 1. The summed E-state index contributed by atoms with van der Waals surface area (Å²) in [6.45, 7) is 1.99. The van der Waals surface area contributed by atoms with Gasteiger partial charge in [0.1, 0.15) is 11.6 Å². The van der Waals surface area contributed by atoms with E-state index in [2.05, 4.69) is 10.3 Å². The molecule has 2 bridgehead atoms. The van der Waals surface area contributed by atoms with Crippen LogP contribution in [0.4, 0.5) is 14.5 Å². The second-order valence-electron chi connectivity index (χ2n) is 8.26. The molecule has 2 aliphatic rings. The maximum absolute atomic E-state index is 14.7. The minimum Gasteiger partial charge on any atom is -0.373 e. The Kier molecular flexibility index (Phi) is 5.02. The number of fused-ring (bicyclic) bond motifs is 2. The molecule has 3 aromatic rings. The SMILES string of the molecule is Cc1ccnc([C@@H]2C3CCC(O3)[C@H]2C(=O)Nc2ccc(-c3ccccc3F)c(F)c2)c1. The van der Waals surface area contributed by atoms with Crippen molar-refractivity contribution < 1.29 is 18.3 Å². The van der Waals surface area contributed by atoms with Gasteiger partial charge in [-0.3, -0.25) is 9.78 Å². The predicted octanol–water partition coefficient (Wildman–Crippen LogP) is 5.23. The van der Waals surface area contributed by atoms with Crippen LogP contribution in [0.2, 0.25) is 0 Å². The van der Waals surface area contributed by atoms with Gasteiger partial charge in [-0.25, -0.2) is 8.78 Å². The number of hydrogen-bond donors (Lipinski definition) is 1. The van der Waals surface area contributed by atoms with E-state index < -0.39 is 11.6 Å². The molecule has 2 aliphatic heterocycles. The number of nitrogens with one attached hydrogen (secondary N) is 1. The van der Waals surface area contributed by atoms with E-state index >= 15 is 0 Å². The maximum atomic E-state index is 14.7. The van der Waals surface area contributed by atoms with Crippen LogP contribution in [-0.2, 0) is 9.53 Å². The predicted molar refractivity (Wildman–Crippen MR) is 114 cm³/mol. The summed E-state index contributed by atoms with van der Waals surface area (Å²) in [5.74, 6) is -1.81. The molecule has 6 heteroatoms. The van der Waals surface area contributed by atoms with E-state index in [9.17, 15) is 13.6 Å². The van der Waals surface area contributed by atoms with Gasteiger partial charge in [0.25, 0.3) is 0 Å². The van der Waals surface area contributed by atoms with Crippen LogP contribution in [0.15, 0.2) is 60.8 Å². The number of aryl methyl sites for hydroxylation is 1. The van der Waals surface area contributed by atoms with E-state index in [4.69, 9.17) is 4.74 Å². The van der Waals surface area contributed by atoms with Crippen molar-refractivity contribution in [2.75, 3.05) is 5.32 Å². The van der Waals surface area contributed by atoms with Crippen molar-refractivity contribution in [2.45, 2.75) is 37.9 Å². The zero-order valence-electron chi connectivity index (χ0n) is 17.0. The van der Waals surface area contributed by atoms with Crippen molar-refractivity contribution in [1.29, 1.82) is 0 Å². The number of rotatable bonds is 4. The number of hydrogen-bond acceptors (Lipinski definition) is 3. The summed E-state index contributed by atoms with van der Waals surface area (Å²) in [5.41, 5.74) is 2.61. The van der Waals surface area contributed by atoms with Crippen LogP contribution in [0.25, 0.3) is 11.1 Å². The molecule has 1 N–H and O–H groups in total. The van der Waals surface area contributed by atoms with Crippen molar-refractivity contribution in [3.63, 3.8) is 0 Å². The first-order chi connectivity index (χ1) is 15.0. The maximum Gasteiger partial charge on any atom is 0.230 e. The van der Waals surface area contributed by atoms with Crippen molar-refractivity contribution in [2.24, 2.45) is 5.92 Å². The van der Waals surface area contributed by atoms with E-state index in [1.54, 1.807) is 24.4 Å². The van der Waals surface area contributed by atoms with Gasteiger partial charge in [-0.2, -0.15) is 0 Å². The van der Waals surface area contributed by atoms with Gasteiger partial charge in [0.15, 0.2) is 0 Å². The standard InChI is InChI=1S/C25H22F2N2O2/c1-14-10-11-28-20(12-14)23-21-8-9-22(31-21)24(23)25(30)29-15-6-7-17(19(27)13-15)16-4-2-3-5-18(16)26/h2-7,10-13,21-24H,8-9H2,1H3,(H,29,30)/t21?,22?,23-,24-/m1/s1. The quantitative estimate of drug-likeness (QED) is 0.628. The topological polar surface area (TPSA) is 51.2 Å².